The number of methoxy groups -OCH3 is 2. The van der Waals surface area contributed by atoms with Crippen molar-refractivity contribution < 1.29 is 14.3 Å². The van der Waals surface area contributed by atoms with Gasteiger partial charge < -0.3 is 9.47 Å². The molecular weight excluding hydrogens is 258 g/mol. The van der Waals surface area contributed by atoms with Crippen LogP contribution in [0, 0.1) is 0 Å². The Kier molecular flexibility index (Phi) is 4.34. The van der Waals surface area contributed by atoms with Gasteiger partial charge in [-0.05, 0) is 18.6 Å². The summed E-state index contributed by atoms with van der Waals surface area (Å²) in [7, 11) is 3.05. The Morgan fingerprint density at radius 1 is 1.30 bits per heavy atom. The van der Waals surface area contributed by atoms with Gasteiger partial charge in [-0.2, -0.15) is 0 Å². The van der Waals surface area contributed by atoms with Crippen LogP contribution in [-0.4, -0.2) is 35.0 Å². The molecule has 0 aliphatic rings. The van der Waals surface area contributed by atoms with Gasteiger partial charge in [0, 0.05) is 6.54 Å². The molecule has 0 saturated carbocycles. The van der Waals surface area contributed by atoms with Crippen LogP contribution in [0.15, 0.2) is 24.4 Å². The Labute approximate surface area is 117 Å². The molecule has 0 unspecified atom stereocenters. The van der Waals surface area contributed by atoms with Crippen LogP contribution in [0.1, 0.15) is 29.4 Å². The molecule has 0 aliphatic heterocycles. The van der Waals surface area contributed by atoms with E-state index < -0.39 is 0 Å². The van der Waals surface area contributed by atoms with E-state index in [1.165, 1.54) is 20.4 Å². The third-order valence-electron chi connectivity index (χ3n) is 2.93. The van der Waals surface area contributed by atoms with Gasteiger partial charge in [0.25, 0.3) is 0 Å². The number of benzene rings is 1. The lowest BCUT2D eigenvalue weighted by Gasteiger charge is -2.12. The Morgan fingerprint density at radius 2 is 2.10 bits per heavy atom. The Bertz CT molecular complexity index is 607. The van der Waals surface area contributed by atoms with Crippen molar-refractivity contribution in [2.75, 3.05) is 14.2 Å². The van der Waals surface area contributed by atoms with Gasteiger partial charge in [0.05, 0.1) is 26.0 Å². The number of para-hydroxylation sites is 1. The minimum atomic E-state index is -0.181. The first-order valence-electron chi connectivity index (χ1n) is 6.37. The minimum Gasteiger partial charge on any atom is -0.493 e. The van der Waals surface area contributed by atoms with Crippen molar-refractivity contribution in [1.82, 2.24) is 15.0 Å². The molecule has 0 radical (unpaired) electrons. The number of carbonyl (C=O) groups excluding carboxylic acids is 1. The first kappa shape index (κ1) is 14.0. The van der Waals surface area contributed by atoms with E-state index in [9.17, 15) is 4.79 Å². The number of rotatable bonds is 6. The highest BCUT2D eigenvalue weighted by atomic mass is 16.5. The van der Waals surface area contributed by atoms with E-state index in [-0.39, 0.29) is 5.78 Å². The summed E-state index contributed by atoms with van der Waals surface area (Å²) in [6.45, 7) is 2.66. The van der Waals surface area contributed by atoms with Gasteiger partial charge >= 0.3 is 0 Å². The predicted molar refractivity (Wildman–Crippen MR) is 73.3 cm³/mol. The maximum atomic E-state index is 12.6. The maximum Gasteiger partial charge on any atom is 0.216 e. The lowest BCUT2D eigenvalue weighted by atomic mass is 10.1. The number of ether oxygens (including phenoxy) is 2. The zero-order valence-electron chi connectivity index (χ0n) is 11.8. The maximum absolute atomic E-state index is 12.6. The standard InChI is InChI=1S/C14H17N3O3/c1-4-8-17-11(9-15-16-17)13(18)10-6-5-7-12(19-2)14(10)20-3/h5-7,9H,4,8H2,1-3H3. The summed E-state index contributed by atoms with van der Waals surface area (Å²) in [4.78, 5) is 12.6. The van der Waals surface area contributed by atoms with Gasteiger partial charge in [0.2, 0.25) is 5.78 Å². The number of hydrogen-bond acceptors (Lipinski definition) is 5. The fourth-order valence-corrected chi connectivity index (χ4v) is 2.01. The molecule has 0 N–H and O–H groups in total. The topological polar surface area (TPSA) is 66.2 Å². The minimum absolute atomic E-state index is 0.181. The van der Waals surface area contributed by atoms with Gasteiger partial charge in [0.15, 0.2) is 11.5 Å². The largest absolute Gasteiger partial charge is 0.493 e. The van der Waals surface area contributed by atoms with Crippen molar-refractivity contribution in [2.45, 2.75) is 19.9 Å². The van der Waals surface area contributed by atoms with Gasteiger partial charge in [-0.15, -0.1) is 5.10 Å². The zero-order chi connectivity index (χ0) is 14.5. The highest BCUT2D eigenvalue weighted by molar-refractivity contribution is 6.10. The molecule has 1 aromatic carbocycles. The molecule has 0 aliphatic carbocycles. The van der Waals surface area contributed by atoms with E-state index in [1.807, 2.05) is 6.92 Å². The molecule has 0 spiro atoms. The van der Waals surface area contributed by atoms with Crippen LogP contribution in [0.25, 0.3) is 0 Å². The molecule has 106 valence electrons. The highest BCUT2D eigenvalue weighted by Gasteiger charge is 2.21. The van der Waals surface area contributed by atoms with Gasteiger partial charge in [0.1, 0.15) is 5.69 Å². The summed E-state index contributed by atoms with van der Waals surface area (Å²) in [5.74, 6) is 0.760. The Hall–Kier alpha value is -2.37. The van der Waals surface area contributed by atoms with E-state index in [0.29, 0.717) is 29.3 Å². The summed E-state index contributed by atoms with van der Waals surface area (Å²) < 4.78 is 12.1. The number of hydrogen-bond donors (Lipinski definition) is 0. The molecule has 20 heavy (non-hydrogen) atoms. The number of carbonyl (C=O) groups is 1. The molecule has 0 amide bonds. The van der Waals surface area contributed by atoms with Crippen LogP contribution in [0.5, 0.6) is 11.5 Å². The van der Waals surface area contributed by atoms with Crippen LogP contribution in [0.3, 0.4) is 0 Å². The number of nitrogens with zero attached hydrogens (tertiary/aromatic N) is 3. The Balaban J connectivity index is 2.45. The average molecular weight is 275 g/mol. The predicted octanol–water partition coefficient (Wildman–Crippen LogP) is 1.94. The monoisotopic (exact) mass is 275 g/mol. The lowest BCUT2D eigenvalue weighted by molar-refractivity contribution is 0.102. The van der Waals surface area contributed by atoms with Crippen molar-refractivity contribution in [1.29, 1.82) is 0 Å². The molecule has 6 nitrogen and oxygen atoms in total. The van der Waals surface area contributed by atoms with Crippen molar-refractivity contribution in [3.05, 3.63) is 35.7 Å². The lowest BCUT2D eigenvalue weighted by Crippen LogP contribution is -2.12. The summed E-state index contributed by atoms with van der Waals surface area (Å²) >= 11 is 0. The first-order valence-corrected chi connectivity index (χ1v) is 6.37. The molecule has 2 aromatic rings. The van der Waals surface area contributed by atoms with Crippen LogP contribution < -0.4 is 9.47 Å². The van der Waals surface area contributed by atoms with Gasteiger partial charge in [-0.25, -0.2) is 4.68 Å². The second-order valence-electron chi connectivity index (χ2n) is 4.21. The third-order valence-corrected chi connectivity index (χ3v) is 2.93. The quantitative estimate of drug-likeness (QED) is 0.754. The van der Waals surface area contributed by atoms with Crippen LogP contribution in [-0.2, 0) is 6.54 Å². The molecule has 1 heterocycles. The molecule has 0 saturated heterocycles. The fourth-order valence-electron chi connectivity index (χ4n) is 2.01. The number of ketones is 1. The van der Waals surface area contributed by atoms with Crippen LogP contribution in [0.2, 0.25) is 0 Å². The summed E-state index contributed by atoms with van der Waals surface area (Å²) in [6.07, 6.45) is 2.34. The van der Waals surface area contributed by atoms with Crippen LogP contribution in [0.4, 0.5) is 0 Å². The van der Waals surface area contributed by atoms with Gasteiger partial charge in [-0.3, -0.25) is 4.79 Å². The molecule has 0 bridgehead atoms. The number of aryl methyl sites for hydroxylation is 1. The third kappa shape index (κ3) is 2.49. The Morgan fingerprint density at radius 3 is 2.75 bits per heavy atom. The second kappa shape index (κ2) is 6.18. The van der Waals surface area contributed by atoms with E-state index in [4.69, 9.17) is 9.47 Å². The SMILES string of the molecule is CCCn1nncc1C(=O)c1cccc(OC)c1OC. The van der Waals surface area contributed by atoms with E-state index in [2.05, 4.69) is 10.3 Å². The van der Waals surface area contributed by atoms with Crippen molar-refractivity contribution in [2.24, 2.45) is 0 Å². The normalized spacial score (nSPS) is 10.3. The molecule has 0 fully saturated rings. The fraction of sp³-hybridized carbons (Fsp3) is 0.357. The van der Waals surface area contributed by atoms with E-state index >= 15 is 0 Å². The highest BCUT2D eigenvalue weighted by Crippen LogP contribution is 2.32. The number of aromatic nitrogens is 3. The van der Waals surface area contributed by atoms with E-state index in [1.54, 1.807) is 22.9 Å². The zero-order valence-corrected chi connectivity index (χ0v) is 11.8. The first-order chi connectivity index (χ1) is 9.72. The summed E-state index contributed by atoms with van der Waals surface area (Å²) in [5.41, 5.74) is 0.880. The molecule has 2 rings (SSSR count). The summed E-state index contributed by atoms with van der Waals surface area (Å²) in [5, 5.41) is 7.73. The van der Waals surface area contributed by atoms with Gasteiger partial charge in [-0.1, -0.05) is 18.2 Å². The summed E-state index contributed by atoms with van der Waals surface area (Å²) in [6, 6.07) is 5.20. The van der Waals surface area contributed by atoms with Crippen LogP contribution >= 0.6 is 0 Å². The van der Waals surface area contributed by atoms with Crippen molar-refractivity contribution in [3.63, 3.8) is 0 Å². The molecule has 0 atom stereocenters. The molecular formula is C14H17N3O3. The van der Waals surface area contributed by atoms with Crippen molar-refractivity contribution >= 4 is 5.78 Å². The second-order valence-corrected chi connectivity index (χ2v) is 4.21. The molecule has 1 aromatic heterocycles. The molecule has 6 heteroatoms. The van der Waals surface area contributed by atoms with Crippen molar-refractivity contribution in [3.8, 4) is 11.5 Å². The van der Waals surface area contributed by atoms with E-state index in [0.717, 1.165) is 6.42 Å². The average Bonchev–Trinajstić information content (AvgIpc) is 2.94. The smallest absolute Gasteiger partial charge is 0.216 e.